The van der Waals surface area contributed by atoms with Crippen LogP contribution in [0, 0.1) is 11.8 Å². The number of nitrogens with zero attached hydrogens (tertiary/aromatic N) is 4. The zero-order valence-corrected chi connectivity index (χ0v) is 11.1. The van der Waals surface area contributed by atoms with Gasteiger partial charge in [0.1, 0.15) is 0 Å². The van der Waals surface area contributed by atoms with Crippen LogP contribution >= 0.6 is 0 Å². The molecular formula is C13H20N4. The Hall–Kier alpha value is -0.800. The molecule has 0 radical (unpaired) electrons. The van der Waals surface area contributed by atoms with Gasteiger partial charge in [-0.05, 0) is 34.1 Å². The quantitative estimate of drug-likeness (QED) is 0.615. The van der Waals surface area contributed by atoms with Gasteiger partial charge in [-0.1, -0.05) is 0 Å². The van der Waals surface area contributed by atoms with E-state index in [1.54, 1.807) is 0 Å². The van der Waals surface area contributed by atoms with Gasteiger partial charge in [-0.25, -0.2) is 0 Å². The van der Waals surface area contributed by atoms with Crippen molar-refractivity contribution in [1.29, 1.82) is 0 Å². The van der Waals surface area contributed by atoms with Crippen LogP contribution in [0.3, 0.4) is 0 Å². The number of hydrogen-bond donors (Lipinski definition) is 0. The molecule has 4 aliphatic rings. The fraction of sp³-hybridized carbons (Fsp3) is 1.00. The average molecular weight is 232 g/mol. The van der Waals surface area contributed by atoms with Crippen molar-refractivity contribution >= 4 is 0 Å². The average Bonchev–Trinajstić information content (AvgIpc) is 2.62. The summed E-state index contributed by atoms with van der Waals surface area (Å²) >= 11 is 0. The molecule has 0 amide bonds. The Morgan fingerprint density at radius 2 is 0.941 bits per heavy atom. The summed E-state index contributed by atoms with van der Waals surface area (Å²) in [5, 5.41) is 18.6. The van der Waals surface area contributed by atoms with Crippen LogP contribution in [-0.4, -0.2) is 22.2 Å². The Morgan fingerprint density at radius 1 is 0.647 bits per heavy atom. The van der Waals surface area contributed by atoms with Crippen LogP contribution in [0.1, 0.15) is 47.0 Å². The lowest BCUT2D eigenvalue weighted by Gasteiger charge is -2.55. The minimum atomic E-state index is 0.00465. The third kappa shape index (κ3) is 0.936. The van der Waals surface area contributed by atoms with Crippen LogP contribution in [-0.2, 0) is 0 Å². The van der Waals surface area contributed by atoms with Gasteiger partial charge in [0.25, 0.3) is 0 Å². The first kappa shape index (κ1) is 10.2. The normalized spacial score (nSPS) is 66.6. The molecule has 2 fully saturated rings. The molecule has 2 saturated carbocycles. The van der Waals surface area contributed by atoms with Crippen LogP contribution in [0.15, 0.2) is 20.5 Å². The van der Waals surface area contributed by atoms with Crippen molar-refractivity contribution in [3.63, 3.8) is 0 Å². The standard InChI is InChI=1S/C13H20N4/c1-10-6-11(2)9-5-8(10)12(3,15-14-10)7-13(9,4)17-16-11/h8-9H,5-7H2,1-4H3. The van der Waals surface area contributed by atoms with Gasteiger partial charge in [-0.2, -0.15) is 20.5 Å². The van der Waals surface area contributed by atoms with Gasteiger partial charge in [-0.15, -0.1) is 0 Å². The van der Waals surface area contributed by atoms with E-state index in [9.17, 15) is 0 Å². The lowest BCUT2D eigenvalue weighted by atomic mass is 9.48. The predicted molar refractivity (Wildman–Crippen MR) is 64.2 cm³/mol. The Morgan fingerprint density at radius 3 is 1.24 bits per heavy atom. The lowest BCUT2D eigenvalue weighted by Crippen LogP contribution is -2.62. The Bertz CT molecular complexity index is 394. The highest BCUT2D eigenvalue weighted by atomic mass is 15.3. The second-order valence-corrected chi connectivity index (χ2v) is 7.52. The molecule has 17 heavy (non-hydrogen) atoms. The molecule has 4 rings (SSSR count). The fourth-order valence-corrected chi connectivity index (χ4v) is 5.41. The summed E-state index contributed by atoms with van der Waals surface area (Å²) < 4.78 is 0. The molecule has 0 aromatic heterocycles. The van der Waals surface area contributed by atoms with Crippen molar-refractivity contribution in [2.45, 2.75) is 69.1 Å². The van der Waals surface area contributed by atoms with E-state index in [0.29, 0.717) is 11.8 Å². The molecule has 2 aliphatic heterocycles. The molecule has 0 aromatic rings. The van der Waals surface area contributed by atoms with Gasteiger partial charge in [0.15, 0.2) is 0 Å². The molecule has 92 valence electrons. The van der Waals surface area contributed by atoms with E-state index in [4.69, 9.17) is 0 Å². The van der Waals surface area contributed by atoms with Crippen molar-refractivity contribution in [3.8, 4) is 0 Å². The van der Waals surface area contributed by atoms with E-state index in [0.717, 1.165) is 12.8 Å². The molecular weight excluding hydrogens is 212 g/mol. The smallest absolute Gasteiger partial charge is 0.0863 e. The van der Waals surface area contributed by atoms with Crippen molar-refractivity contribution in [2.75, 3.05) is 0 Å². The second kappa shape index (κ2) is 2.34. The maximum absolute atomic E-state index is 4.66. The zero-order valence-electron chi connectivity index (χ0n) is 11.1. The molecule has 2 aliphatic carbocycles. The van der Waals surface area contributed by atoms with E-state index < -0.39 is 0 Å². The maximum Gasteiger partial charge on any atom is 0.0863 e. The highest BCUT2D eigenvalue weighted by Gasteiger charge is 2.70. The summed E-state index contributed by atoms with van der Waals surface area (Å²) in [4.78, 5) is 0. The van der Waals surface area contributed by atoms with Gasteiger partial charge in [0.2, 0.25) is 0 Å². The van der Waals surface area contributed by atoms with Gasteiger partial charge >= 0.3 is 0 Å². The van der Waals surface area contributed by atoms with E-state index in [-0.39, 0.29) is 22.2 Å². The summed E-state index contributed by atoms with van der Waals surface area (Å²) in [6.07, 6.45) is 3.24. The monoisotopic (exact) mass is 232 g/mol. The van der Waals surface area contributed by atoms with Crippen LogP contribution in [0.4, 0.5) is 0 Å². The summed E-state index contributed by atoms with van der Waals surface area (Å²) in [6.45, 7) is 9.07. The molecule has 4 atom stereocenters. The summed E-state index contributed by atoms with van der Waals surface area (Å²) in [5.41, 5.74) is 0.0186. The molecule has 4 heteroatoms. The van der Waals surface area contributed by atoms with Gasteiger partial charge in [0, 0.05) is 24.7 Å². The van der Waals surface area contributed by atoms with Crippen molar-refractivity contribution < 1.29 is 0 Å². The molecule has 2 bridgehead atoms. The van der Waals surface area contributed by atoms with Crippen LogP contribution in [0.25, 0.3) is 0 Å². The topological polar surface area (TPSA) is 49.4 Å². The largest absolute Gasteiger partial charge is 0.187 e. The third-order valence-corrected chi connectivity index (χ3v) is 5.92. The molecule has 0 N–H and O–H groups in total. The molecule has 0 aromatic carbocycles. The number of hydrogen-bond acceptors (Lipinski definition) is 4. The fourth-order valence-electron chi connectivity index (χ4n) is 5.41. The van der Waals surface area contributed by atoms with Crippen molar-refractivity contribution in [3.05, 3.63) is 0 Å². The molecule has 4 nitrogen and oxygen atoms in total. The van der Waals surface area contributed by atoms with Gasteiger partial charge < -0.3 is 0 Å². The minimum Gasteiger partial charge on any atom is -0.187 e. The lowest BCUT2D eigenvalue weighted by molar-refractivity contribution is -0.00219. The zero-order chi connectivity index (χ0) is 12.1. The van der Waals surface area contributed by atoms with Crippen LogP contribution in [0.5, 0.6) is 0 Å². The van der Waals surface area contributed by atoms with Gasteiger partial charge in [-0.3, -0.25) is 0 Å². The molecule has 0 spiro atoms. The van der Waals surface area contributed by atoms with Gasteiger partial charge in [0.05, 0.1) is 22.2 Å². The second-order valence-electron chi connectivity index (χ2n) is 7.52. The summed E-state index contributed by atoms with van der Waals surface area (Å²) in [6, 6.07) is 0. The van der Waals surface area contributed by atoms with Crippen LogP contribution in [0.2, 0.25) is 0 Å². The number of azo groups is 2. The highest BCUT2D eigenvalue weighted by molar-refractivity contribution is 5.26. The third-order valence-electron chi connectivity index (χ3n) is 5.92. The summed E-state index contributed by atoms with van der Waals surface area (Å²) in [7, 11) is 0. The Kier molecular flexibility index (Phi) is 1.40. The van der Waals surface area contributed by atoms with Crippen LogP contribution < -0.4 is 0 Å². The van der Waals surface area contributed by atoms with Crippen molar-refractivity contribution in [1.82, 2.24) is 0 Å². The first-order valence-electron chi connectivity index (χ1n) is 6.68. The van der Waals surface area contributed by atoms with E-state index >= 15 is 0 Å². The molecule has 4 unspecified atom stereocenters. The minimum absolute atomic E-state index is 0.00465. The predicted octanol–water partition coefficient (Wildman–Crippen LogP) is 3.38. The molecule has 0 saturated heterocycles. The maximum atomic E-state index is 4.66. The first-order valence-corrected chi connectivity index (χ1v) is 6.68. The Labute approximate surface area is 102 Å². The van der Waals surface area contributed by atoms with E-state index in [1.165, 1.54) is 6.42 Å². The summed E-state index contributed by atoms with van der Waals surface area (Å²) in [5.74, 6) is 1.20. The van der Waals surface area contributed by atoms with Crippen molar-refractivity contribution in [2.24, 2.45) is 32.3 Å². The van der Waals surface area contributed by atoms with E-state index in [2.05, 4.69) is 48.2 Å². The SMILES string of the molecule is CC12CC3(C)N=NC4(C)CC(C)(N=N1)C2CC34. The molecule has 2 heterocycles. The Balaban J connectivity index is 1.93. The first-order chi connectivity index (χ1) is 7.80. The van der Waals surface area contributed by atoms with E-state index in [1.807, 2.05) is 0 Å². The number of rotatable bonds is 0. The highest BCUT2D eigenvalue weighted by Crippen LogP contribution is 2.66.